The maximum atomic E-state index is 12.7. The molecule has 0 aromatic heterocycles. The van der Waals surface area contributed by atoms with Gasteiger partial charge in [-0.1, -0.05) is 48.5 Å². The Morgan fingerprint density at radius 2 is 1.72 bits per heavy atom. The molecule has 2 amide bonds. The molecule has 0 bridgehead atoms. The maximum Gasteiger partial charge on any atom is 0.407 e. The van der Waals surface area contributed by atoms with Gasteiger partial charge in [-0.25, -0.2) is 9.59 Å². The zero-order chi connectivity index (χ0) is 22.7. The standard InChI is InChI=1S/C24H26N2O6/c1-31-21(22(27)26-12-6-11-20(26)23(28)29)13-25-24(30)32-14-19-17-9-4-2-7-15(17)16-8-3-5-10-18(16)19/h2-5,7-10,19-21H,6,11-14H2,1H3,(H,25,30)(H,28,29)/t20-,21?/m0/s1. The summed E-state index contributed by atoms with van der Waals surface area (Å²) >= 11 is 0. The molecule has 1 aliphatic heterocycles. The van der Waals surface area contributed by atoms with Gasteiger partial charge in [0.15, 0.2) is 6.10 Å². The van der Waals surface area contributed by atoms with Gasteiger partial charge in [0.2, 0.25) is 0 Å². The number of carboxylic acids is 1. The third kappa shape index (κ3) is 4.18. The van der Waals surface area contributed by atoms with Gasteiger partial charge in [-0.2, -0.15) is 0 Å². The summed E-state index contributed by atoms with van der Waals surface area (Å²) in [5.41, 5.74) is 4.50. The molecule has 2 N–H and O–H groups in total. The quantitative estimate of drug-likeness (QED) is 0.689. The first-order chi connectivity index (χ1) is 15.5. The Balaban J connectivity index is 1.34. The minimum absolute atomic E-state index is 0.0612. The van der Waals surface area contributed by atoms with Crippen molar-refractivity contribution in [1.29, 1.82) is 0 Å². The van der Waals surface area contributed by atoms with Crippen molar-refractivity contribution in [3.8, 4) is 11.1 Å². The molecule has 168 valence electrons. The van der Waals surface area contributed by atoms with E-state index < -0.39 is 30.1 Å². The van der Waals surface area contributed by atoms with Gasteiger partial charge in [0.25, 0.3) is 5.91 Å². The Morgan fingerprint density at radius 1 is 1.09 bits per heavy atom. The molecule has 4 rings (SSSR count). The van der Waals surface area contributed by atoms with Crippen molar-refractivity contribution < 1.29 is 29.0 Å². The fourth-order valence-corrected chi connectivity index (χ4v) is 4.57. The third-order valence-electron chi connectivity index (χ3n) is 6.16. The lowest BCUT2D eigenvalue weighted by Gasteiger charge is -2.26. The van der Waals surface area contributed by atoms with Crippen molar-refractivity contribution in [2.45, 2.75) is 30.9 Å². The number of amides is 2. The first-order valence-corrected chi connectivity index (χ1v) is 10.7. The number of likely N-dealkylation sites (tertiary alicyclic amines) is 1. The molecule has 2 atom stereocenters. The fraction of sp³-hybridized carbons (Fsp3) is 0.375. The summed E-state index contributed by atoms with van der Waals surface area (Å²) in [6.07, 6.45) is -0.593. The Labute approximate surface area is 186 Å². The highest BCUT2D eigenvalue weighted by molar-refractivity contribution is 5.87. The molecule has 8 nitrogen and oxygen atoms in total. The SMILES string of the molecule is COC(CNC(=O)OCC1c2ccccc2-c2ccccc21)C(=O)N1CCC[C@H]1C(=O)O. The average Bonchev–Trinajstić information content (AvgIpc) is 3.41. The number of carbonyl (C=O) groups is 3. The predicted octanol–water partition coefficient (Wildman–Crippen LogP) is 2.62. The van der Waals surface area contributed by atoms with Crippen LogP contribution >= 0.6 is 0 Å². The number of nitrogens with zero attached hydrogens (tertiary/aromatic N) is 1. The monoisotopic (exact) mass is 438 g/mol. The summed E-state index contributed by atoms with van der Waals surface area (Å²) in [7, 11) is 1.35. The van der Waals surface area contributed by atoms with Gasteiger partial charge in [-0.15, -0.1) is 0 Å². The van der Waals surface area contributed by atoms with Crippen molar-refractivity contribution in [3.05, 3.63) is 59.7 Å². The zero-order valence-corrected chi connectivity index (χ0v) is 17.8. The summed E-state index contributed by atoms with van der Waals surface area (Å²) in [6.45, 7) is 0.425. The molecular weight excluding hydrogens is 412 g/mol. The molecule has 0 saturated carbocycles. The second kappa shape index (κ2) is 9.40. The summed E-state index contributed by atoms with van der Waals surface area (Å²) in [6, 6.07) is 15.3. The van der Waals surface area contributed by atoms with E-state index in [2.05, 4.69) is 17.4 Å². The van der Waals surface area contributed by atoms with Crippen LogP contribution < -0.4 is 5.32 Å². The van der Waals surface area contributed by atoms with Gasteiger partial charge in [0, 0.05) is 19.6 Å². The number of benzene rings is 2. The van der Waals surface area contributed by atoms with Crippen LogP contribution in [0.4, 0.5) is 4.79 Å². The van der Waals surface area contributed by atoms with Gasteiger partial charge in [-0.3, -0.25) is 4.79 Å². The number of rotatable bonds is 7. The second-order valence-corrected chi connectivity index (χ2v) is 7.96. The minimum atomic E-state index is -1.03. The van der Waals surface area contributed by atoms with E-state index in [1.54, 1.807) is 0 Å². The van der Waals surface area contributed by atoms with E-state index >= 15 is 0 Å². The molecule has 32 heavy (non-hydrogen) atoms. The van der Waals surface area contributed by atoms with Gasteiger partial charge < -0.3 is 24.8 Å². The number of hydrogen-bond acceptors (Lipinski definition) is 5. The number of aliphatic carboxylic acids is 1. The summed E-state index contributed by atoms with van der Waals surface area (Å²) in [5, 5.41) is 11.9. The van der Waals surface area contributed by atoms with Gasteiger partial charge in [0.05, 0.1) is 6.54 Å². The van der Waals surface area contributed by atoms with Crippen molar-refractivity contribution in [1.82, 2.24) is 10.2 Å². The van der Waals surface area contributed by atoms with Gasteiger partial charge in [0.1, 0.15) is 12.6 Å². The number of methoxy groups -OCH3 is 1. The number of nitrogens with one attached hydrogen (secondary N) is 1. The van der Waals surface area contributed by atoms with Crippen molar-refractivity contribution in [3.63, 3.8) is 0 Å². The molecule has 8 heteroatoms. The minimum Gasteiger partial charge on any atom is -0.480 e. The van der Waals surface area contributed by atoms with Crippen LogP contribution in [0.25, 0.3) is 11.1 Å². The highest BCUT2D eigenvalue weighted by Gasteiger charge is 2.37. The largest absolute Gasteiger partial charge is 0.480 e. The highest BCUT2D eigenvalue weighted by Crippen LogP contribution is 2.44. The number of ether oxygens (including phenoxy) is 2. The number of hydrogen-bond donors (Lipinski definition) is 2. The van der Waals surface area contributed by atoms with E-state index in [9.17, 15) is 19.5 Å². The van der Waals surface area contributed by atoms with Gasteiger partial charge >= 0.3 is 12.1 Å². The lowest BCUT2D eigenvalue weighted by molar-refractivity contribution is -0.152. The second-order valence-electron chi connectivity index (χ2n) is 7.96. The van der Waals surface area contributed by atoms with Crippen LogP contribution in [0.15, 0.2) is 48.5 Å². The topological polar surface area (TPSA) is 105 Å². The molecule has 2 aliphatic rings. The van der Waals surface area contributed by atoms with Crippen molar-refractivity contribution in [2.24, 2.45) is 0 Å². The molecule has 1 heterocycles. The van der Waals surface area contributed by atoms with E-state index in [0.29, 0.717) is 19.4 Å². The van der Waals surface area contributed by atoms with Crippen LogP contribution in [0.1, 0.15) is 29.9 Å². The first-order valence-electron chi connectivity index (χ1n) is 10.7. The molecular formula is C24H26N2O6. The number of alkyl carbamates (subject to hydrolysis) is 1. The van der Waals surface area contributed by atoms with E-state index in [-0.39, 0.29) is 19.1 Å². The third-order valence-corrected chi connectivity index (χ3v) is 6.16. The Kier molecular flexibility index (Phi) is 6.41. The number of carboxylic acid groups (broad SMARTS) is 1. The van der Waals surface area contributed by atoms with Gasteiger partial charge in [-0.05, 0) is 35.1 Å². The predicted molar refractivity (Wildman–Crippen MR) is 116 cm³/mol. The Bertz CT molecular complexity index is 978. The number of fused-ring (bicyclic) bond motifs is 3. The molecule has 1 saturated heterocycles. The van der Waals surface area contributed by atoms with Crippen LogP contribution in [-0.4, -0.2) is 66.9 Å². The zero-order valence-electron chi connectivity index (χ0n) is 17.8. The molecule has 1 unspecified atom stereocenters. The molecule has 0 spiro atoms. The fourth-order valence-electron chi connectivity index (χ4n) is 4.57. The molecule has 2 aromatic rings. The van der Waals surface area contributed by atoms with E-state index in [1.165, 1.54) is 12.0 Å². The molecule has 1 fully saturated rings. The summed E-state index contributed by atoms with van der Waals surface area (Å²) < 4.78 is 10.7. The van der Waals surface area contributed by atoms with Crippen LogP contribution in [-0.2, 0) is 19.1 Å². The Morgan fingerprint density at radius 3 is 2.31 bits per heavy atom. The normalized spacial score (nSPS) is 18.0. The summed E-state index contributed by atoms with van der Waals surface area (Å²) in [4.78, 5) is 37.7. The Hall–Kier alpha value is -3.39. The van der Waals surface area contributed by atoms with E-state index in [4.69, 9.17) is 9.47 Å². The average molecular weight is 438 g/mol. The first kappa shape index (κ1) is 21.8. The van der Waals surface area contributed by atoms with Crippen molar-refractivity contribution in [2.75, 3.05) is 26.8 Å². The van der Waals surface area contributed by atoms with Crippen molar-refractivity contribution >= 4 is 18.0 Å². The summed E-state index contributed by atoms with van der Waals surface area (Å²) in [5.74, 6) is -1.54. The molecule has 1 aliphatic carbocycles. The maximum absolute atomic E-state index is 12.7. The smallest absolute Gasteiger partial charge is 0.407 e. The van der Waals surface area contributed by atoms with Crippen LogP contribution in [0.3, 0.4) is 0 Å². The number of carbonyl (C=O) groups excluding carboxylic acids is 2. The van der Waals surface area contributed by atoms with Crippen LogP contribution in [0.5, 0.6) is 0 Å². The molecule has 2 aromatic carbocycles. The van der Waals surface area contributed by atoms with Crippen LogP contribution in [0.2, 0.25) is 0 Å². The lowest BCUT2D eigenvalue weighted by atomic mass is 9.98. The highest BCUT2D eigenvalue weighted by atomic mass is 16.5. The van der Waals surface area contributed by atoms with Crippen LogP contribution in [0, 0.1) is 0 Å². The molecule has 0 radical (unpaired) electrons. The lowest BCUT2D eigenvalue weighted by Crippen LogP contribution is -2.49. The van der Waals surface area contributed by atoms with E-state index in [1.807, 2.05) is 36.4 Å². The van der Waals surface area contributed by atoms with E-state index in [0.717, 1.165) is 22.3 Å².